The number of carboxylic acids is 1. The molecule has 0 saturated carbocycles. The van der Waals surface area contributed by atoms with Gasteiger partial charge < -0.3 is 9.90 Å². The summed E-state index contributed by atoms with van der Waals surface area (Å²) in [5.41, 5.74) is -0.826. The molecular formula is C14H8F3O2-. The molecule has 0 unspecified atom stereocenters. The predicted octanol–water partition coefficient (Wildman–Crippen LogP) is 2.74. The largest absolute Gasteiger partial charge is 0.545 e. The molecule has 0 N–H and O–H groups in total. The highest BCUT2D eigenvalue weighted by atomic mass is 19.4. The van der Waals surface area contributed by atoms with E-state index in [1.54, 1.807) is 0 Å². The maximum absolute atomic E-state index is 12.9. The van der Waals surface area contributed by atoms with Crippen molar-refractivity contribution in [3.05, 3.63) is 59.7 Å². The standard InChI is InChI=1S/C14H9F3O2/c15-14(16,17)12-7-2-1-6-11(12)9-4-3-5-10(8-9)13(18)19/h1-8H,(H,18,19)/p-1. The van der Waals surface area contributed by atoms with Crippen LogP contribution in [0.2, 0.25) is 0 Å². The van der Waals surface area contributed by atoms with Gasteiger partial charge in [0.2, 0.25) is 0 Å². The van der Waals surface area contributed by atoms with Crippen LogP contribution in [0.4, 0.5) is 13.2 Å². The first-order chi connectivity index (χ1) is 8.89. The SMILES string of the molecule is O=C([O-])c1cccc(-c2ccccc2C(F)(F)F)c1. The van der Waals surface area contributed by atoms with Crippen LogP contribution < -0.4 is 5.11 Å². The second-order valence-electron chi connectivity index (χ2n) is 3.91. The maximum atomic E-state index is 12.9. The van der Waals surface area contributed by atoms with Gasteiger partial charge in [-0.2, -0.15) is 13.2 Å². The van der Waals surface area contributed by atoms with E-state index in [0.29, 0.717) is 0 Å². The summed E-state index contributed by atoms with van der Waals surface area (Å²) in [6, 6.07) is 10.3. The molecule has 0 aliphatic rings. The Balaban J connectivity index is 2.60. The first-order valence-corrected chi connectivity index (χ1v) is 5.37. The highest BCUT2D eigenvalue weighted by Gasteiger charge is 2.33. The third-order valence-corrected chi connectivity index (χ3v) is 2.64. The van der Waals surface area contributed by atoms with E-state index in [1.165, 1.54) is 42.5 Å². The van der Waals surface area contributed by atoms with Gasteiger partial charge in [-0.05, 0) is 28.8 Å². The van der Waals surface area contributed by atoms with E-state index in [0.717, 1.165) is 6.07 Å². The Morgan fingerprint density at radius 2 is 1.68 bits per heavy atom. The Morgan fingerprint density at radius 3 is 2.32 bits per heavy atom. The van der Waals surface area contributed by atoms with E-state index in [4.69, 9.17) is 0 Å². The molecule has 0 fully saturated rings. The van der Waals surface area contributed by atoms with E-state index >= 15 is 0 Å². The van der Waals surface area contributed by atoms with Crippen LogP contribution in [-0.2, 0) is 6.18 Å². The highest BCUT2D eigenvalue weighted by Crippen LogP contribution is 2.36. The maximum Gasteiger partial charge on any atom is 0.417 e. The molecule has 0 bridgehead atoms. The molecule has 0 aromatic heterocycles. The van der Waals surface area contributed by atoms with Gasteiger partial charge in [0.25, 0.3) is 0 Å². The lowest BCUT2D eigenvalue weighted by Gasteiger charge is -2.13. The van der Waals surface area contributed by atoms with Crippen molar-refractivity contribution in [2.24, 2.45) is 0 Å². The van der Waals surface area contributed by atoms with E-state index in [9.17, 15) is 23.1 Å². The molecule has 2 aromatic rings. The molecule has 0 saturated heterocycles. The highest BCUT2D eigenvalue weighted by molar-refractivity contribution is 5.88. The normalized spacial score (nSPS) is 11.3. The van der Waals surface area contributed by atoms with Gasteiger partial charge in [-0.3, -0.25) is 0 Å². The van der Waals surface area contributed by atoms with Crippen LogP contribution in [-0.4, -0.2) is 5.97 Å². The number of rotatable bonds is 2. The van der Waals surface area contributed by atoms with Crippen molar-refractivity contribution in [1.29, 1.82) is 0 Å². The summed E-state index contributed by atoms with van der Waals surface area (Å²) in [6.07, 6.45) is -4.49. The number of halogens is 3. The quantitative estimate of drug-likeness (QED) is 0.837. The van der Waals surface area contributed by atoms with Gasteiger partial charge in [0.15, 0.2) is 0 Å². The summed E-state index contributed by atoms with van der Waals surface area (Å²) >= 11 is 0. The summed E-state index contributed by atoms with van der Waals surface area (Å²) in [5, 5.41) is 10.7. The Kier molecular flexibility index (Phi) is 3.29. The minimum atomic E-state index is -4.49. The molecule has 0 aliphatic heterocycles. The number of carbonyl (C=O) groups is 1. The topological polar surface area (TPSA) is 40.1 Å². The van der Waals surface area contributed by atoms with Gasteiger partial charge in [-0.15, -0.1) is 0 Å². The average molecular weight is 265 g/mol. The van der Waals surface area contributed by atoms with Crippen LogP contribution in [0.5, 0.6) is 0 Å². The number of aromatic carboxylic acids is 1. The lowest BCUT2D eigenvalue weighted by atomic mass is 9.98. The molecule has 2 aromatic carbocycles. The number of alkyl halides is 3. The van der Waals surface area contributed by atoms with Crippen molar-refractivity contribution in [3.63, 3.8) is 0 Å². The summed E-state index contributed by atoms with van der Waals surface area (Å²) in [4.78, 5) is 10.7. The van der Waals surface area contributed by atoms with Crippen molar-refractivity contribution < 1.29 is 23.1 Å². The minimum Gasteiger partial charge on any atom is -0.545 e. The number of hydrogen-bond acceptors (Lipinski definition) is 2. The Bertz CT molecular complexity index is 618. The summed E-state index contributed by atoms with van der Waals surface area (Å²) in [5.74, 6) is -1.42. The molecule has 2 rings (SSSR count). The fraction of sp³-hybridized carbons (Fsp3) is 0.0714. The van der Waals surface area contributed by atoms with Crippen molar-refractivity contribution in [2.45, 2.75) is 6.18 Å². The molecule has 0 spiro atoms. The number of benzene rings is 2. The van der Waals surface area contributed by atoms with Gasteiger partial charge >= 0.3 is 6.18 Å². The number of hydrogen-bond donors (Lipinski definition) is 0. The van der Waals surface area contributed by atoms with Gasteiger partial charge in [-0.25, -0.2) is 0 Å². The molecule has 19 heavy (non-hydrogen) atoms. The Morgan fingerprint density at radius 1 is 1.00 bits per heavy atom. The van der Waals surface area contributed by atoms with E-state index in [-0.39, 0.29) is 16.7 Å². The van der Waals surface area contributed by atoms with Crippen molar-refractivity contribution in [3.8, 4) is 11.1 Å². The molecule has 5 heteroatoms. The predicted molar refractivity (Wildman–Crippen MR) is 61.2 cm³/mol. The van der Waals surface area contributed by atoms with Gasteiger partial charge in [0.1, 0.15) is 0 Å². The van der Waals surface area contributed by atoms with E-state index in [1.807, 2.05) is 0 Å². The summed E-state index contributed by atoms with van der Waals surface area (Å²) in [7, 11) is 0. The summed E-state index contributed by atoms with van der Waals surface area (Å²) in [6.45, 7) is 0. The van der Waals surface area contributed by atoms with Crippen LogP contribution in [0.25, 0.3) is 11.1 Å². The van der Waals surface area contributed by atoms with Crippen molar-refractivity contribution in [2.75, 3.05) is 0 Å². The van der Waals surface area contributed by atoms with E-state index in [2.05, 4.69) is 0 Å². The van der Waals surface area contributed by atoms with Crippen LogP contribution in [0.1, 0.15) is 15.9 Å². The molecule has 0 radical (unpaired) electrons. The minimum absolute atomic E-state index is 0.0573. The lowest BCUT2D eigenvalue weighted by Crippen LogP contribution is -2.22. The molecular weight excluding hydrogens is 257 g/mol. The first-order valence-electron chi connectivity index (χ1n) is 5.37. The average Bonchev–Trinajstić information content (AvgIpc) is 2.38. The fourth-order valence-electron chi connectivity index (χ4n) is 1.80. The molecule has 98 valence electrons. The molecule has 0 aliphatic carbocycles. The molecule has 2 nitrogen and oxygen atoms in total. The van der Waals surface area contributed by atoms with Crippen LogP contribution in [0, 0.1) is 0 Å². The van der Waals surface area contributed by atoms with E-state index < -0.39 is 17.7 Å². The smallest absolute Gasteiger partial charge is 0.417 e. The van der Waals surface area contributed by atoms with Crippen LogP contribution in [0.15, 0.2) is 48.5 Å². The second-order valence-corrected chi connectivity index (χ2v) is 3.91. The molecule has 0 heterocycles. The Hall–Kier alpha value is -2.30. The molecule has 0 amide bonds. The van der Waals surface area contributed by atoms with Crippen LogP contribution in [0.3, 0.4) is 0 Å². The van der Waals surface area contributed by atoms with Crippen molar-refractivity contribution >= 4 is 5.97 Å². The zero-order valence-corrected chi connectivity index (χ0v) is 9.57. The summed E-state index contributed by atoms with van der Waals surface area (Å²) < 4.78 is 38.6. The first kappa shape index (κ1) is 13.1. The zero-order valence-electron chi connectivity index (χ0n) is 9.57. The third kappa shape index (κ3) is 2.76. The third-order valence-electron chi connectivity index (χ3n) is 2.64. The van der Waals surface area contributed by atoms with Gasteiger partial charge in [-0.1, -0.05) is 36.4 Å². The van der Waals surface area contributed by atoms with Gasteiger partial charge in [0, 0.05) is 0 Å². The zero-order chi connectivity index (χ0) is 14.0. The van der Waals surface area contributed by atoms with Gasteiger partial charge in [0.05, 0.1) is 11.5 Å². The Labute approximate surface area is 107 Å². The lowest BCUT2D eigenvalue weighted by molar-refractivity contribution is -0.255. The fourth-order valence-corrected chi connectivity index (χ4v) is 1.80. The number of carboxylic acid groups (broad SMARTS) is 1. The number of carbonyl (C=O) groups excluding carboxylic acids is 1. The monoisotopic (exact) mass is 265 g/mol. The molecule has 0 atom stereocenters. The second kappa shape index (κ2) is 4.76. The van der Waals surface area contributed by atoms with Crippen molar-refractivity contribution in [1.82, 2.24) is 0 Å². The van der Waals surface area contributed by atoms with Crippen LogP contribution >= 0.6 is 0 Å².